The highest BCUT2D eigenvalue weighted by Crippen LogP contribution is 2.40. The van der Waals surface area contributed by atoms with Crippen molar-refractivity contribution in [2.75, 3.05) is 19.8 Å². The number of hydrogen-bond acceptors (Lipinski definition) is 5. The normalized spacial score (nSPS) is 16.7. The van der Waals surface area contributed by atoms with E-state index in [0.29, 0.717) is 18.4 Å². The molecule has 0 spiro atoms. The topological polar surface area (TPSA) is 73.4 Å². The molecule has 1 aliphatic carbocycles. The van der Waals surface area contributed by atoms with E-state index in [2.05, 4.69) is 9.97 Å². The second kappa shape index (κ2) is 7.87. The molecule has 0 fully saturated rings. The number of carbonyl (C=O) groups excluding carboxylic acids is 1. The summed E-state index contributed by atoms with van der Waals surface area (Å²) in [4.78, 5) is 19.6. The second-order valence-corrected chi connectivity index (χ2v) is 6.24. The number of hydrogen-bond donors (Lipinski definition) is 1. The van der Waals surface area contributed by atoms with E-state index >= 15 is 0 Å². The van der Waals surface area contributed by atoms with Gasteiger partial charge in [-0.2, -0.15) is 0 Å². The van der Waals surface area contributed by atoms with Crippen molar-refractivity contribution in [3.63, 3.8) is 0 Å². The number of nitrogens with one attached hydrogen (secondary N) is 1. The first-order valence-electron chi connectivity index (χ1n) is 9.14. The molecule has 0 radical (unpaired) electrons. The molecule has 6 heteroatoms. The third kappa shape index (κ3) is 3.49. The van der Waals surface area contributed by atoms with Crippen molar-refractivity contribution in [1.29, 1.82) is 0 Å². The minimum atomic E-state index is -0.709. The summed E-state index contributed by atoms with van der Waals surface area (Å²) in [6.07, 6.45) is 5.06. The van der Waals surface area contributed by atoms with Gasteiger partial charge in [0, 0.05) is 29.2 Å². The van der Waals surface area contributed by atoms with Gasteiger partial charge in [0.05, 0.1) is 24.9 Å². The predicted molar refractivity (Wildman–Crippen MR) is 95.3 cm³/mol. The molecular formula is C19H26N2O4. The molecule has 0 aliphatic heterocycles. The first-order valence-corrected chi connectivity index (χ1v) is 9.14. The molecular weight excluding hydrogens is 320 g/mol. The van der Waals surface area contributed by atoms with Crippen molar-refractivity contribution in [3.05, 3.63) is 23.0 Å². The second-order valence-electron chi connectivity index (χ2n) is 6.24. The molecule has 3 rings (SSSR count). The molecule has 0 saturated heterocycles. The van der Waals surface area contributed by atoms with Crippen molar-refractivity contribution in [2.45, 2.75) is 52.4 Å². The third-order valence-electron chi connectivity index (χ3n) is 4.73. The van der Waals surface area contributed by atoms with Gasteiger partial charge in [-0.25, -0.2) is 9.78 Å². The van der Waals surface area contributed by atoms with E-state index in [1.807, 2.05) is 13.8 Å². The van der Waals surface area contributed by atoms with Crippen molar-refractivity contribution < 1.29 is 19.0 Å². The minimum absolute atomic E-state index is 0.276. The molecule has 136 valence electrons. The molecule has 0 aromatic carbocycles. The Balaban J connectivity index is 2.06. The lowest BCUT2D eigenvalue weighted by Gasteiger charge is -2.23. The van der Waals surface area contributed by atoms with Gasteiger partial charge in [0.1, 0.15) is 0 Å². The first-order chi connectivity index (χ1) is 12.2. The Labute approximate surface area is 147 Å². The number of carbonyl (C=O) groups is 1. The highest BCUT2D eigenvalue weighted by Gasteiger charge is 2.28. The Bertz CT molecular complexity index is 753. The minimum Gasteiger partial charge on any atom is -0.434 e. The van der Waals surface area contributed by atoms with Gasteiger partial charge in [0.15, 0.2) is 0 Å². The Morgan fingerprint density at radius 1 is 1.32 bits per heavy atom. The van der Waals surface area contributed by atoms with Gasteiger partial charge in [-0.3, -0.25) is 0 Å². The zero-order valence-electron chi connectivity index (χ0n) is 15.2. The lowest BCUT2D eigenvalue weighted by Crippen LogP contribution is -2.15. The van der Waals surface area contributed by atoms with Crippen LogP contribution in [0.5, 0.6) is 5.88 Å². The SMILES string of the molecule is CCOCC1CCCc2[nH]c3cnc(OC(=O)OCC)c(CC)c3c21. The fourth-order valence-corrected chi connectivity index (χ4v) is 3.70. The van der Waals surface area contributed by atoms with E-state index in [1.54, 1.807) is 13.1 Å². The largest absolute Gasteiger partial charge is 0.515 e. The molecule has 1 N–H and O–H groups in total. The maximum Gasteiger partial charge on any atom is 0.515 e. The Hall–Kier alpha value is -2.08. The van der Waals surface area contributed by atoms with Gasteiger partial charge in [0.25, 0.3) is 0 Å². The maximum absolute atomic E-state index is 11.7. The van der Waals surface area contributed by atoms with E-state index in [4.69, 9.17) is 14.2 Å². The number of nitrogens with zero attached hydrogens (tertiary/aromatic N) is 1. The van der Waals surface area contributed by atoms with E-state index in [0.717, 1.165) is 48.8 Å². The summed E-state index contributed by atoms with van der Waals surface area (Å²) in [5.74, 6) is 0.705. The fourth-order valence-electron chi connectivity index (χ4n) is 3.70. The Morgan fingerprint density at radius 2 is 2.16 bits per heavy atom. The number of aromatic amines is 1. The third-order valence-corrected chi connectivity index (χ3v) is 4.73. The average molecular weight is 346 g/mol. The van der Waals surface area contributed by atoms with Crippen LogP contribution in [0.15, 0.2) is 6.20 Å². The average Bonchev–Trinajstić information content (AvgIpc) is 2.99. The van der Waals surface area contributed by atoms with Crippen LogP contribution in [-0.4, -0.2) is 35.9 Å². The summed E-state index contributed by atoms with van der Waals surface area (Å²) < 4.78 is 16.0. The zero-order chi connectivity index (χ0) is 17.8. The van der Waals surface area contributed by atoms with Crippen molar-refractivity contribution >= 4 is 17.1 Å². The number of rotatable bonds is 6. The van der Waals surface area contributed by atoms with Crippen molar-refractivity contribution in [3.8, 4) is 5.88 Å². The van der Waals surface area contributed by atoms with E-state index in [-0.39, 0.29) is 6.61 Å². The van der Waals surface area contributed by atoms with Crippen LogP contribution in [0.25, 0.3) is 10.9 Å². The smallest absolute Gasteiger partial charge is 0.434 e. The van der Waals surface area contributed by atoms with Crippen molar-refractivity contribution in [2.24, 2.45) is 0 Å². The van der Waals surface area contributed by atoms with E-state index in [1.165, 1.54) is 11.3 Å². The van der Waals surface area contributed by atoms with Crippen LogP contribution in [0.3, 0.4) is 0 Å². The first kappa shape index (κ1) is 17.7. The van der Waals surface area contributed by atoms with Gasteiger partial charge < -0.3 is 19.2 Å². The molecule has 2 heterocycles. The molecule has 1 unspecified atom stereocenters. The number of aromatic nitrogens is 2. The quantitative estimate of drug-likeness (QED) is 0.797. The summed E-state index contributed by atoms with van der Waals surface area (Å²) in [5, 5.41) is 1.14. The summed E-state index contributed by atoms with van der Waals surface area (Å²) in [7, 11) is 0. The van der Waals surface area contributed by atoms with Crippen LogP contribution in [0.1, 0.15) is 56.4 Å². The fraction of sp³-hybridized carbons (Fsp3) is 0.579. The molecule has 2 aromatic rings. The van der Waals surface area contributed by atoms with Gasteiger partial charge >= 0.3 is 6.16 Å². The lowest BCUT2D eigenvalue weighted by atomic mass is 9.84. The molecule has 1 aliphatic rings. The number of aryl methyl sites for hydroxylation is 2. The summed E-state index contributed by atoms with van der Waals surface area (Å²) in [5.41, 5.74) is 4.52. The lowest BCUT2D eigenvalue weighted by molar-refractivity contribution is 0.102. The number of H-pyrrole nitrogens is 1. The highest BCUT2D eigenvalue weighted by molar-refractivity contribution is 5.90. The maximum atomic E-state index is 11.7. The summed E-state index contributed by atoms with van der Waals surface area (Å²) in [6, 6.07) is 0. The van der Waals surface area contributed by atoms with Gasteiger partial charge in [-0.1, -0.05) is 6.92 Å². The Kier molecular flexibility index (Phi) is 5.58. The van der Waals surface area contributed by atoms with Crippen LogP contribution in [-0.2, 0) is 22.3 Å². The van der Waals surface area contributed by atoms with Crippen LogP contribution in [0, 0.1) is 0 Å². The monoisotopic (exact) mass is 346 g/mol. The number of fused-ring (bicyclic) bond motifs is 3. The van der Waals surface area contributed by atoms with Gasteiger partial charge in [-0.05, 0) is 45.1 Å². The van der Waals surface area contributed by atoms with Crippen molar-refractivity contribution in [1.82, 2.24) is 9.97 Å². The summed E-state index contributed by atoms with van der Waals surface area (Å²) >= 11 is 0. The number of ether oxygens (including phenoxy) is 3. The molecule has 0 saturated carbocycles. The Morgan fingerprint density at radius 3 is 2.88 bits per heavy atom. The van der Waals surface area contributed by atoms with Crippen LogP contribution >= 0.6 is 0 Å². The molecule has 0 amide bonds. The van der Waals surface area contributed by atoms with Gasteiger partial charge in [0.2, 0.25) is 5.88 Å². The molecule has 25 heavy (non-hydrogen) atoms. The number of pyridine rings is 1. The van der Waals surface area contributed by atoms with E-state index < -0.39 is 6.16 Å². The van der Waals surface area contributed by atoms with E-state index in [9.17, 15) is 4.79 Å². The van der Waals surface area contributed by atoms with Crippen LogP contribution < -0.4 is 4.74 Å². The summed E-state index contributed by atoms with van der Waals surface area (Å²) in [6.45, 7) is 7.53. The predicted octanol–water partition coefficient (Wildman–Crippen LogP) is 4.12. The molecule has 6 nitrogen and oxygen atoms in total. The van der Waals surface area contributed by atoms with Crippen LogP contribution in [0.4, 0.5) is 4.79 Å². The standard InChI is InChI=1S/C19H26N2O4/c1-4-13-17-15(10-20-18(13)25-19(22)24-6-3)21-14-9-7-8-12(16(14)17)11-23-5-2/h10,12,21H,4-9,11H2,1-3H3. The van der Waals surface area contributed by atoms with Crippen LogP contribution in [0.2, 0.25) is 0 Å². The molecule has 2 aromatic heterocycles. The van der Waals surface area contributed by atoms with Gasteiger partial charge in [-0.15, -0.1) is 0 Å². The zero-order valence-corrected chi connectivity index (χ0v) is 15.2. The highest BCUT2D eigenvalue weighted by atomic mass is 16.7. The molecule has 0 bridgehead atoms. The molecule has 1 atom stereocenters.